The van der Waals surface area contributed by atoms with E-state index in [1.54, 1.807) is 20.0 Å². The highest BCUT2D eigenvalue weighted by Crippen LogP contribution is 2.37. The second kappa shape index (κ2) is 10.1. The molecule has 1 aromatic heterocycles. The Balaban J connectivity index is 2.08. The normalized spacial score (nSPS) is 22.2. The number of rotatable bonds is 6. The molecular formula is C23H28N4O4S2. The molecule has 0 radical (unpaired) electrons. The summed E-state index contributed by atoms with van der Waals surface area (Å²) in [4.78, 5) is 40.8. The first-order valence-corrected chi connectivity index (χ1v) is 12.1. The van der Waals surface area contributed by atoms with Crippen LogP contribution in [0.5, 0.6) is 0 Å². The molecule has 0 saturated carbocycles. The van der Waals surface area contributed by atoms with Gasteiger partial charge in [0.05, 0.1) is 4.91 Å². The van der Waals surface area contributed by atoms with Crippen molar-refractivity contribution < 1.29 is 14.7 Å². The second-order valence-electron chi connectivity index (χ2n) is 8.89. The van der Waals surface area contributed by atoms with Crippen molar-refractivity contribution in [1.82, 2.24) is 9.47 Å². The average molecular weight is 489 g/mol. The van der Waals surface area contributed by atoms with Crippen LogP contribution >= 0.6 is 24.0 Å². The van der Waals surface area contributed by atoms with Gasteiger partial charge >= 0.3 is 5.97 Å². The number of carbonyl (C=O) groups is 2. The first-order valence-electron chi connectivity index (χ1n) is 10.9. The second-order valence-corrected chi connectivity index (χ2v) is 10.6. The Labute approximate surface area is 202 Å². The zero-order chi connectivity index (χ0) is 24.4. The van der Waals surface area contributed by atoms with E-state index in [2.05, 4.69) is 18.7 Å². The molecule has 0 aromatic carbocycles. The van der Waals surface area contributed by atoms with Gasteiger partial charge in [0, 0.05) is 38.7 Å². The largest absolute Gasteiger partial charge is 0.481 e. The molecule has 8 nitrogen and oxygen atoms in total. The summed E-state index contributed by atoms with van der Waals surface area (Å²) in [6.45, 7) is 7.88. The van der Waals surface area contributed by atoms with E-state index >= 15 is 0 Å². The number of piperidine rings is 1. The molecular weight excluding hydrogens is 460 g/mol. The average Bonchev–Trinajstić information content (AvgIpc) is 2.99. The van der Waals surface area contributed by atoms with E-state index in [4.69, 9.17) is 17.3 Å². The van der Waals surface area contributed by atoms with Crippen LogP contribution in [0.3, 0.4) is 0 Å². The highest BCUT2D eigenvalue weighted by atomic mass is 32.2. The predicted octanol–water partition coefficient (Wildman–Crippen LogP) is 3.11. The molecule has 3 heterocycles. The Morgan fingerprint density at radius 2 is 1.94 bits per heavy atom. The molecule has 2 aliphatic heterocycles. The van der Waals surface area contributed by atoms with E-state index < -0.39 is 5.97 Å². The number of carboxylic acids is 1. The van der Waals surface area contributed by atoms with Gasteiger partial charge in [0.25, 0.3) is 11.5 Å². The smallest absolute Gasteiger partial charge is 0.303 e. The quantitative estimate of drug-likeness (QED) is 0.481. The van der Waals surface area contributed by atoms with Gasteiger partial charge in [-0.05, 0) is 43.2 Å². The van der Waals surface area contributed by atoms with Crippen molar-refractivity contribution in [3.63, 3.8) is 0 Å². The van der Waals surface area contributed by atoms with Crippen LogP contribution in [0.2, 0.25) is 0 Å². The van der Waals surface area contributed by atoms with Crippen LogP contribution < -0.4 is 10.5 Å². The molecule has 2 fully saturated rings. The van der Waals surface area contributed by atoms with E-state index in [1.807, 2.05) is 6.07 Å². The number of amides is 1. The molecule has 0 bridgehead atoms. The number of hydrogen-bond donors (Lipinski definition) is 1. The number of aliphatic carboxylic acids is 1. The SMILES string of the molecule is Cc1c(C=C2SC(=S)N(CCCC(=O)O)C2=O)c(N2CC(C)CC(C)C2)n(C)c(=O)c1C#N. The summed E-state index contributed by atoms with van der Waals surface area (Å²) >= 11 is 6.53. The number of thioether (sulfide) groups is 1. The number of carboxylic acid groups (broad SMARTS) is 1. The van der Waals surface area contributed by atoms with Crippen LogP contribution in [0.25, 0.3) is 6.08 Å². The summed E-state index contributed by atoms with van der Waals surface area (Å²) in [7, 11) is 1.66. The van der Waals surface area contributed by atoms with E-state index in [0.717, 1.165) is 31.3 Å². The number of aromatic nitrogens is 1. The minimum absolute atomic E-state index is 0.0446. The number of nitriles is 1. The molecule has 3 rings (SSSR count). The Morgan fingerprint density at radius 1 is 1.30 bits per heavy atom. The number of nitrogens with zero attached hydrogens (tertiary/aromatic N) is 4. The van der Waals surface area contributed by atoms with E-state index in [9.17, 15) is 19.6 Å². The Morgan fingerprint density at radius 3 is 2.52 bits per heavy atom. The van der Waals surface area contributed by atoms with Gasteiger partial charge < -0.3 is 10.0 Å². The van der Waals surface area contributed by atoms with Gasteiger partial charge in [0.15, 0.2) is 0 Å². The molecule has 0 aliphatic carbocycles. The number of hydrogen-bond acceptors (Lipinski definition) is 7. The zero-order valence-corrected chi connectivity index (χ0v) is 20.9. The summed E-state index contributed by atoms with van der Waals surface area (Å²) in [6.07, 6.45) is 3.09. The summed E-state index contributed by atoms with van der Waals surface area (Å²) in [6, 6.07) is 2.02. The number of carbonyl (C=O) groups excluding carboxylic acids is 1. The maximum atomic E-state index is 13.1. The van der Waals surface area contributed by atoms with Gasteiger partial charge in [0.1, 0.15) is 21.8 Å². The number of pyridine rings is 1. The van der Waals surface area contributed by atoms with Crippen molar-refractivity contribution >= 4 is 52.1 Å². The molecule has 10 heteroatoms. The zero-order valence-electron chi connectivity index (χ0n) is 19.3. The summed E-state index contributed by atoms with van der Waals surface area (Å²) in [5.41, 5.74) is 0.912. The molecule has 1 amide bonds. The van der Waals surface area contributed by atoms with Crippen molar-refractivity contribution in [3.05, 3.63) is 31.9 Å². The van der Waals surface area contributed by atoms with Crippen molar-refractivity contribution in [2.24, 2.45) is 18.9 Å². The lowest BCUT2D eigenvalue weighted by atomic mass is 9.91. The van der Waals surface area contributed by atoms with Gasteiger partial charge in [-0.1, -0.05) is 37.8 Å². The number of anilines is 1. The van der Waals surface area contributed by atoms with Crippen LogP contribution in [0, 0.1) is 30.1 Å². The van der Waals surface area contributed by atoms with Gasteiger partial charge in [0.2, 0.25) is 0 Å². The third-order valence-corrected chi connectivity index (χ3v) is 7.44. The first-order chi connectivity index (χ1) is 15.5. The Kier molecular flexibility index (Phi) is 7.65. The monoisotopic (exact) mass is 488 g/mol. The minimum atomic E-state index is -0.921. The molecule has 2 unspecified atom stereocenters. The van der Waals surface area contributed by atoms with Crippen LogP contribution in [-0.4, -0.2) is 50.4 Å². The van der Waals surface area contributed by atoms with Crippen LogP contribution in [0.4, 0.5) is 5.82 Å². The standard InChI is InChI=1S/C23H28N4O4S2/c1-13-8-14(2)12-26(11-13)20-16(15(3)17(10-24)21(30)25(20)4)9-18-22(31)27(23(32)33-18)7-5-6-19(28)29/h9,13-14H,5-8,11-12H2,1-4H3,(H,28,29). The van der Waals surface area contributed by atoms with Crippen molar-refractivity contribution in [3.8, 4) is 6.07 Å². The summed E-state index contributed by atoms with van der Waals surface area (Å²) < 4.78 is 1.89. The lowest BCUT2D eigenvalue weighted by molar-refractivity contribution is -0.137. The van der Waals surface area contributed by atoms with E-state index in [-0.39, 0.29) is 30.0 Å². The predicted molar refractivity (Wildman–Crippen MR) is 133 cm³/mol. The van der Waals surface area contributed by atoms with Gasteiger partial charge in [-0.2, -0.15) is 5.26 Å². The highest BCUT2D eigenvalue weighted by Gasteiger charge is 2.33. The fraction of sp³-hybridized carbons (Fsp3) is 0.522. The Bertz CT molecular complexity index is 1120. The van der Waals surface area contributed by atoms with Gasteiger partial charge in [-0.15, -0.1) is 0 Å². The maximum Gasteiger partial charge on any atom is 0.303 e. The van der Waals surface area contributed by atoms with Gasteiger partial charge in [-0.3, -0.25) is 23.9 Å². The molecule has 2 aliphatic rings. The van der Waals surface area contributed by atoms with Crippen LogP contribution in [0.1, 0.15) is 49.8 Å². The molecule has 2 saturated heterocycles. The summed E-state index contributed by atoms with van der Waals surface area (Å²) in [5.74, 6) is 0.384. The molecule has 1 aromatic rings. The maximum absolute atomic E-state index is 13.1. The van der Waals surface area contributed by atoms with Crippen molar-refractivity contribution in [1.29, 1.82) is 5.26 Å². The topological polar surface area (TPSA) is 107 Å². The molecule has 1 N–H and O–H groups in total. The summed E-state index contributed by atoms with van der Waals surface area (Å²) in [5, 5.41) is 18.5. The first kappa shape index (κ1) is 25.0. The molecule has 33 heavy (non-hydrogen) atoms. The van der Waals surface area contributed by atoms with E-state index in [0.29, 0.717) is 44.4 Å². The molecule has 176 valence electrons. The Hall–Kier alpha value is -2.64. The third kappa shape index (κ3) is 5.14. The highest BCUT2D eigenvalue weighted by molar-refractivity contribution is 8.26. The lowest BCUT2D eigenvalue weighted by Crippen LogP contribution is -2.42. The third-order valence-electron chi connectivity index (χ3n) is 6.06. The van der Waals surface area contributed by atoms with E-state index in [1.165, 1.54) is 9.47 Å². The fourth-order valence-corrected chi connectivity index (χ4v) is 5.93. The van der Waals surface area contributed by atoms with Crippen LogP contribution in [-0.2, 0) is 16.6 Å². The fourth-order valence-electron chi connectivity index (χ4n) is 4.64. The molecule has 2 atom stereocenters. The van der Waals surface area contributed by atoms with Crippen molar-refractivity contribution in [2.45, 2.75) is 40.0 Å². The lowest BCUT2D eigenvalue weighted by Gasteiger charge is -2.38. The number of thiocarbonyl (C=S) groups is 1. The molecule has 0 spiro atoms. The van der Waals surface area contributed by atoms with Crippen LogP contribution in [0.15, 0.2) is 9.70 Å². The minimum Gasteiger partial charge on any atom is -0.481 e. The van der Waals surface area contributed by atoms with Crippen molar-refractivity contribution in [2.75, 3.05) is 24.5 Å². The van der Waals surface area contributed by atoms with Gasteiger partial charge in [-0.25, -0.2) is 0 Å².